The van der Waals surface area contributed by atoms with Gasteiger partial charge in [-0.25, -0.2) is 4.98 Å². The van der Waals surface area contributed by atoms with Crippen LogP contribution in [0.1, 0.15) is 49.7 Å². The van der Waals surface area contributed by atoms with E-state index in [0.717, 1.165) is 19.5 Å². The number of hydrogen-bond acceptors (Lipinski definition) is 3. The van der Waals surface area contributed by atoms with E-state index in [1.54, 1.807) is 0 Å². The maximum Gasteiger partial charge on any atom is 0.113 e. The van der Waals surface area contributed by atoms with Crippen molar-refractivity contribution < 1.29 is 0 Å². The van der Waals surface area contributed by atoms with Crippen LogP contribution in [0.15, 0.2) is 6.20 Å². The summed E-state index contributed by atoms with van der Waals surface area (Å²) in [5, 5.41) is 0. The lowest BCUT2D eigenvalue weighted by atomic mass is 10.0. The van der Waals surface area contributed by atoms with Crippen molar-refractivity contribution in [1.29, 1.82) is 0 Å². The van der Waals surface area contributed by atoms with Crippen LogP contribution in [0.25, 0.3) is 0 Å². The number of nitrogens with two attached hydrogens (primary N) is 1. The molecule has 1 aromatic rings. The number of rotatable bonds is 2. The van der Waals surface area contributed by atoms with Crippen LogP contribution in [-0.4, -0.2) is 34.1 Å². The fourth-order valence-corrected chi connectivity index (χ4v) is 3.22. The number of likely N-dealkylation sites (tertiary alicyclic amines) is 1. The Morgan fingerprint density at radius 1 is 1.41 bits per heavy atom. The first-order valence-corrected chi connectivity index (χ1v) is 6.83. The van der Waals surface area contributed by atoms with Crippen molar-refractivity contribution >= 4 is 0 Å². The van der Waals surface area contributed by atoms with E-state index in [2.05, 4.69) is 21.4 Å². The van der Waals surface area contributed by atoms with Gasteiger partial charge in [-0.1, -0.05) is 6.92 Å². The first-order valence-electron chi connectivity index (χ1n) is 6.83. The second-order valence-electron chi connectivity index (χ2n) is 5.32. The van der Waals surface area contributed by atoms with Crippen molar-refractivity contribution in [2.45, 2.75) is 44.7 Å². The van der Waals surface area contributed by atoms with Crippen molar-refractivity contribution in [2.75, 3.05) is 19.6 Å². The maximum atomic E-state index is 6.14. The van der Waals surface area contributed by atoms with Crippen LogP contribution in [0, 0.1) is 0 Å². The average molecular weight is 234 g/mol. The molecule has 1 fully saturated rings. The number of likely N-dealkylation sites (N-methyl/N-ethyl adjacent to an activating group) is 1. The standard InChI is InChI=1S/C13H22N4/c1-2-16-7-5-10(9-16)13-15-8-12-11(14)4-3-6-17(12)13/h8,10-11H,2-7,9,14H2,1H3. The van der Waals surface area contributed by atoms with Gasteiger partial charge in [-0.2, -0.15) is 0 Å². The molecule has 0 spiro atoms. The molecule has 2 aliphatic heterocycles. The van der Waals surface area contributed by atoms with Crippen molar-refractivity contribution in [3.05, 3.63) is 17.7 Å². The zero-order valence-electron chi connectivity index (χ0n) is 10.6. The van der Waals surface area contributed by atoms with Crippen LogP contribution in [0.2, 0.25) is 0 Å². The lowest BCUT2D eigenvalue weighted by Crippen LogP contribution is -2.24. The molecule has 2 N–H and O–H groups in total. The fraction of sp³-hybridized carbons (Fsp3) is 0.769. The molecular weight excluding hydrogens is 212 g/mol. The number of imidazole rings is 1. The van der Waals surface area contributed by atoms with Gasteiger partial charge in [0, 0.05) is 25.0 Å². The third-order valence-electron chi connectivity index (χ3n) is 4.28. The summed E-state index contributed by atoms with van der Waals surface area (Å²) in [5.41, 5.74) is 7.39. The summed E-state index contributed by atoms with van der Waals surface area (Å²) in [6, 6.07) is 0.202. The second kappa shape index (κ2) is 4.42. The lowest BCUT2D eigenvalue weighted by Gasteiger charge is -2.23. The van der Waals surface area contributed by atoms with Crippen LogP contribution >= 0.6 is 0 Å². The highest BCUT2D eigenvalue weighted by Crippen LogP contribution is 2.31. The van der Waals surface area contributed by atoms with Crippen molar-refractivity contribution in [3.63, 3.8) is 0 Å². The third kappa shape index (κ3) is 1.89. The van der Waals surface area contributed by atoms with E-state index in [9.17, 15) is 0 Å². The molecule has 3 heterocycles. The summed E-state index contributed by atoms with van der Waals surface area (Å²) in [6.07, 6.45) is 5.56. The van der Waals surface area contributed by atoms with Gasteiger partial charge in [0.2, 0.25) is 0 Å². The second-order valence-corrected chi connectivity index (χ2v) is 5.32. The summed E-state index contributed by atoms with van der Waals surface area (Å²) in [4.78, 5) is 7.16. The molecule has 2 atom stereocenters. The Morgan fingerprint density at radius 3 is 3.06 bits per heavy atom. The molecule has 0 amide bonds. The van der Waals surface area contributed by atoms with Gasteiger partial charge in [-0.3, -0.25) is 0 Å². The maximum absolute atomic E-state index is 6.14. The molecule has 4 nitrogen and oxygen atoms in total. The molecule has 94 valence electrons. The minimum absolute atomic E-state index is 0.202. The lowest BCUT2D eigenvalue weighted by molar-refractivity contribution is 0.350. The van der Waals surface area contributed by atoms with Gasteiger partial charge >= 0.3 is 0 Å². The van der Waals surface area contributed by atoms with Gasteiger partial charge in [-0.15, -0.1) is 0 Å². The molecule has 0 aliphatic carbocycles. The van der Waals surface area contributed by atoms with Gasteiger partial charge in [0.1, 0.15) is 5.82 Å². The zero-order valence-corrected chi connectivity index (χ0v) is 10.6. The summed E-state index contributed by atoms with van der Waals surface area (Å²) in [5.74, 6) is 1.90. The molecule has 2 unspecified atom stereocenters. The molecule has 0 bridgehead atoms. The third-order valence-corrected chi connectivity index (χ3v) is 4.28. The Kier molecular flexibility index (Phi) is 2.92. The highest BCUT2D eigenvalue weighted by atomic mass is 15.2. The smallest absolute Gasteiger partial charge is 0.113 e. The van der Waals surface area contributed by atoms with Gasteiger partial charge < -0.3 is 15.2 Å². The predicted molar refractivity (Wildman–Crippen MR) is 67.9 cm³/mol. The van der Waals surface area contributed by atoms with Crippen LogP contribution in [0.3, 0.4) is 0 Å². The molecule has 1 aromatic heterocycles. The minimum Gasteiger partial charge on any atom is -0.330 e. The van der Waals surface area contributed by atoms with Crippen LogP contribution in [-0.2, 0) is 6.54 Å². The summed E-state index contributed by atoms with van der Waals surface area (Å²) in [6.45, 7) is 6.89. The first kappa shape index (κ1) is 11.2. The summed E-state index contributed by atoms with van der Waals surface area (Å²) < 4.78 is 2.39. The quantitative estimate of drug-likeness (QED) is 0.843. The highest BCUT2D eigenvalue weighted by Gasteiger charge is 2.29. The first-order chi connectivity index (χ1) is 8.29. The number of nitrogens with zero attached hydrogens (tertiary/aromatic N) is 3. The van der Waals surface area contributed by atoms with Gasteiger partial charge in [0.25, 0.3) is 0 Å². The average Bonchev–Trinajstić information content (AvgIpc) is 2.94. The Bertz CT molecular complexity index is 398. The van der Waals surface area contributed by atoms with Crippen LogP contribution in [0.4, 0.5) is 0 Å². The van der Waals surface area contributed by atoms with E-state index < -0.39 is 0 Å². The van der Waals surface area contributed by atoms with Crippen LogP contribution in [0.5, 0.6) is 0 Å². The molecule has 0 radical (unpaired) electrons. The monoisotopic (exact) mass is 234 g/mol. The molecule has 3 rings (SSSR count). The molecular formula is C13H22N4. The van der Waals surface area contributed by atoms with E-state index in [0.29, 0.717) is 5.92 Å². The van der Waals surface area contributed by atoms with E-state index >= 15 is 0 Å². The Hall–Kier alpha value is -0.870. The Labute approximate surface area is 103 Å². The highest BCUT2D eigenvalue weighted by molar-refractivity contribution is 5.16. The summed E-state index contributed by atoms with van der Waals surface area (Å²) >= 11 is 0. The minimum atomic E-state index is 0.202. The van der Waals surface area contributed by atoms with Crippen molar-refractivity contribution in [1.82, 2.24) is 14.5 Å². The summed E-state index contributed by atoms with van der Waals surface area (Å²) in [7, 11) is 0. The molecule has 17 heavy (non-hydrogen) atoms. The predicted octanol–water partition coefficient (Wildman–Crippen LogP) is 1.49. The van der Waals surface area contributed by atoms with Crippen LogP contribution < -0.4 is 5.73 Å². The molecule has 2 aliphatic rings. The van der Waals surface area contributed by atoms with E-state index in [1.807, 2.05) is 6.20 Å². The number of aromatic nitrogens is 2. The largest absolute Gasteiger partial charge is 0.330 e. The van der Waals surface area contributed by atoms with E-state index in [1.165, 1.54) is 37.4 Å². The Balaban J connectivity index is 1.85. The molecule has 0 saturated carbocycles. The Morgan fingerprint density at radius 2 is 2.29 bits per heavy atom. The zero-order chi connectivity index (χ0) is 11.8. The number of fused-ring (bicyclic) bond motifs is 1. The van der Waals surface area contributed by atoms with Crippen molar-refractivity contribution in [3.8, 4) is 0 Å². The molecule has 4 heteroatoms. The molecule has 1 saturated heterocycles. The molecule has 0 aromatic carbocycles. The number of hydrogen-bond donors (Lipinski definition) is 1. The topological polar surface area (TPSA) is 47.1 Å². The van der Waals surface area contributed by atoms with Crippen molar-refractivity contribution in [2.24, 2.45) is 5.73 Å². The SMILES string of the molecule is CCN1CCC(c2ncc3n2CCCC3N)C1. The van der Waals surface area contributed by atoms with Gasteiger partial charge in [0.15, 0.2) is 0 Å². The van der Waals surface area contributed by atoms with E-state index in [4.69, 9.17) is 5.73 Å². The fourth-order valence-electron chi connectivity index (χ4n) is 3.22. The van der Waals surface area contributed by atoms with Gasteiger partial charge in [0.05, 0.1) is 11.9 Å². The van der Waals surface area contributed by atoms with Gasteiger partial charge in [-0.05, 0) is 32.4 Å². The normalized spacial score (nSPS) is 29.5. The van der Waals surface area contributed by atoms with E-state index in [-0.39, 0.29) is 6.04 Å².